The summed E-state index contributed by atoms with van der Waals surface area (Å²) in [7, 11) is 15.0. The molecule has 1 aliphatic rings. The molecular weight excluding hydrogens is 544 g/mol. The van der Waals surface area contributed by atoms with Gasteiger partial charge in [-0.15, -0.1) is 0 Å². The molecule has 0 saturated carbocycles. The van der Waals surface area contributed by atoms with Crippen LogP contribution in [0.3, 0.4) is 0 Å². The zero-order valence-corrected chi connectivity index (χ0v) is 27.3. The summed E-state index contributed by atoms with van der Waals surface area (Å²) >= 11 is 0. The highest BCUT2D eigenvalue weighted by atomic mass is 16.5. The molecule has 42 heavy (non-hydrogen) atoms. The number of esters is 1. The lowest BCUT2D eigenvalue weighted by Gasteiger charge is -2.34. The Bertz CT molecular complexity index is 836. The predicted molar refractivity (Wildman–Crippen MR) is 161 cm³/mol. The van der Waals surface area contributed by atoms with Gasteiger partial charge in [-0.2, -0.15) is 0 Å². The quantitative estimate of drug-likeness (QED) is 0.269. The van der Waals surface area contributed by atoms with E-state index >= 15 is 0 Å². The molecule has 4 amide bonds. The highest BCUT2D eigenvalue weighted by Gasteiger charge is 2.29. The average molecular weight is 599 g/mol. The van der Waals surface area contributed by atoms with Crippen LogP contribution in [0.2, 0.25) is 0 Å². The van der Waals surface area contributed by atoms with Crippen LogP contribution in [0.25, 0.3) is 0 Å². The fraction of sp³-hybridized carbons (Fsp3) is 0.821. The van der Waals surface area contributed by atoms with Gasteiger partial charge in [-0.05, 0) is 19.5 Å². The zero-order valence-electron chi connectivity index (χ0n) is 27.3. The van der Waals surface area contributed by atoms with Crippen LogP contribution < -0.4 is 0 Å². The van der Waals surface area contributed by atoms with Gasteiger partial charge in [0.15, 0.2) is 0 Å². The third-order valence-corrected chi connectivity index (χ3v) is 7.34. The number of amides is 4. The van der Waals surface area contributed by atoms with E-state index in [1.165, 1.54) is 16.9 Å². The molecule has 0 aromatic rings. The Morgan fingerprint density at radius 1 is 0.524 bits per heavy atom. The summed E-state index contributed by atoms with van der Waals surface area (Å²) in [5, 5.41) is 0. The molecule has 1 saturated heterocycles. The predicted octanol–water partition coefficient (Wildman–Crippen LogP) is -2.26. The van der Waals surface area contributed by atoms with Crippen LogP contribution in [0.1, 0.15) is 6.42 Å². The first kappa shape index (κ1) is 37.2. The highest BCUT2D eigenvalue weighted by molar-refractivity contribution is 5.79. The second-order valence-electron chi connectivity index (χ2n) is 11.7. The lowest BCUT2D eigenvalue weighted by molar-refractivity contribution is -0.148. The van der Waals surface area contributed by atoms with Crippen molar-refractivity contribution in [2.75, 3.05) is 142 Å². The Hall–Kier alpha value is -2.81. The van der Waals surface area contributed by atoms with E-state index in [1.807, 2.05) is 9.80 Å². The number of nitrogens with zero attached hydrogens (tertiary/aromatic N) is 8. The topological polar surface area (TPSA) is 120 Å². The van der Waals surface area contributed by atoms with Crippen molar-refractivity contribution in [1.29, 1.82) is 0 Å². The van der Waals surface area contributed by atoms with Crippen molar-refractivity contribution in [1.82, 2.24) is 39.2 Å². The van der Waals surface area contributed by atoms with Crippen molar-refractivity contribution in [3.8, 4) is 0 Å². The summed E-state index contributed by atoms with van der Waals surface area (Å²) in [6, 6.07) is 0. The van der Waals surface area contributed by atoms with Gasteiger partial charge in [0, 0.05) is 95.6 Å². The maximum atomic E-state index is 13.0. The van der Waals surface area contributed by atoms with Crippen LogP contribution in [0.5, 0.6) is 0 Å². The molecule has 0 aromatic carbocycles. The zero-order chi connectivity index (χ0) is 32.0. The lowest BCUT2D eigenvalue weighted by Crippen LogP contribution is -2.50. The van der Waals surface area contributed by atoms with Crippen LogP contribution in [0, 0.1) is 5.92 Å². The third kappa shape index (κ3) is 13.9. The van der Waals surface area contributed by atoms with Crippen molar-refractivity contribution in [3.05, 3.63) is 0 Å². The first-order valence-corrected chi connectivity index (χ1v) is 14.4. The van der Waals surface area contributed by atoms with E-state index in [1.54, 1.807) is 66.2 Å². The molecule has 0 unspecified atom stereocenters. The molecule has 1 rings (SSSR count). The van der Waals surface area contributed by atoms with Gasteiger partial charge in [0.2, 0.25) is 23.6 Å². The molecule has 0 atom stereocenters. The number of hydrogen-bond donors (Lipinski definition) is 0. The molecule has 0 aliphatic carbocycles. The molecule has 0 aromatic heterocycles. The van der Waals surface area contributed by atoms with E-state index in [0.29, 0.717) is 39.3 Å². The maximum absolute atomic E-state index is 13.0. The standard InChI is InChI=1S/C28H54N8O6/c1-29(2)24(37)19-33-11-10-12-34(20-25(38)30(3)4)14-16-36(22-27(40)32(7)8)18-23(28(41)42-9)17-35(15-13-33)21-26(39)31(5)6/h23H,10-22H2,1-9H3. The van der Waals surface area contributed by atoms with E-state index in [0.717, 1.165) is 6.42 Å². The number of ether oxygens (including phenoxy) is 1. The molecule has 0 bridgehead atoms. The van der Waals surface area contributed by atoms with E-state index in [2.05, 4.69) is 9.80 Å². The number of hydrogen-bond acceptors (Lipinski definition) is 10. The summed E-state index contributed by atoms with van der Waals surface area (Å²) in [5.41, 5.74) is 0. The van der Waals surface area contributed by atoms with Crippen LogP contribution in [-0.2, 0) is 28.7 Å². The molecule has 0 N–H and O–H groups in total. The number of carbonyl (C=O) groups excluding carboxylic acids is 5. The van der Waals surface area contributed by atoms with Gasteiger partial charge in [0.25, 0.3) is 0 Å². The average Bonchev–Trinajstić information content (AvgIpc) is 2.91. The van der Waals surface area contributed by atoms with Crippen LogP contribution in [0.15, 0.2) is 0 Å². The Morgan fingerprint density at radius 3 is 1.10 bits per heavy atom. The van der Waals surface area contributed by atoms with E-state index in [9.17, 15) is 24.0 Å². The van der Waals surface area contributed by atoms with Gasteiger partial charge in [-0.25, -0.2) is 0 Å². The Morgan fingerprint density at radius 2 is 0.810 bits per heavy atom. The molecule has 0 spiro atoms. The molecule has 242 valence electrons. The molecule has 14 nitrogen and oxygen atoms in total. The molecule has 14 heteroatoms. The summed E-state index contributed by atoms with van der Waals surface area (Å²) in [5.74, 6) is -1.31. The highest BCUT2D eigenvalue weighted by Crippen LogP contribution is 2.11. The summed E-state index contributed by atoms with van der Waals surface area (Å²) in [6.07, 6.45) is 0.722. The van der Waals surface area contributed by atoms with Gasteiger partial charge in [0.05, 0.1) is 39.2 Å². The number of methoxy groups -OCH3 is 1. The fourth-order valence-corrected chi connectivity index (χ4v) is 4.42. The normalized spacial score (nSPS) is 17.6. The summed E-state index contributed by atoms with van der Waals surface area (Å²) in [4.78, 5) is 77.8. The number of likely N-dealkylation sites (N-methyl/N-ethyl adjacent to an activating group) is 4. The Balaban J connectivity index is 3.40. The second kappa shape index (κ2) is 18.7. The number of carbonyl (C=O) groups is 5. The lowest BCUT2D eigenvalue weighted by atomic mass is 10.1. The first-order valence-electron chi connectivity index (χ1n) is 14.4. The van der Waals surface area contributed by atoms with Crippen molar-refractivity contribution in [2.24, 2.45) is 5.92 Å². The Labute approximate surface area is 252 Å². The largest absolute Gasteiger partial charge is 0.469 e. The molecule has 1 heterocycles. The molecular formula is C28H54N8O6. The van der Waals surface area contributed by atoms with Gasteiger partial charge >= 0.3 is 5.97 Å². The number of rotatable bonds is 9. The molecule has 0 radical (unpaired) electrons. The van der Waals surface area contributed by atoms with Crippen molar-refractivity contribution in [2.45, 2.75) is 6.42 Å². The van der Waals surface area contributed by atoms with Gasteiger partial charge < -0.3 is 24.3 Å². The Kier molecular flexibility index (Phi) is 16.5. The first-order chi connectivity index (χ1) is 19.6. The fourth-order valence-electron chi connectivity index (χ4n) is 4.42. The molecule has 1 fully saturated rings. The maximum Gasteiger partial charge on any atom is 0.311 e. The van der Waals surface area contributed by atoms with Crippen molar-refractivity contribution >= 4 is 29.6 Å². The van der Waals surface area contributed by atoms with Gasteiger partial charge in [-0.3, -0.25) is 43.6 Å². The second-order valence-corrected chi connectivity index (χ2v) is 11.7. The minimum Gasteiger partial charge on any atom is -0.469 e. The third-order valence-electron chi connectivity index (χ3n) is 7.34. The van der Waals surface area contributed by atoms with E-state index in [-0.39, 0.29) is 62.9 Å². The van der Waals surface area contributed by atoms with Crippen molar-refractivity contribution < 1.29 is 28.7 Å². The monoisotopic (exact) mass is 598 g/mol. The van der Waals surface area contributed by atoms with Crippen LogP contribution in [0.4, 0.5) is 0 Å². The van der Waals surface area contributed by atoms with Crippen molar-refractivity contribution in [3.63, 3.8) is 0 Å². The van der Waals surface area contributed by atoms with E-state index in [4.69, 9.17) is 4.74 Å². The van der Waals surface area contributed by atoms with Gasteiger partial charge in [0.1, 0.15) is 0 Å². The van der Waals surface area contributed by atoms with E-state index < -0.39 is 11.9 Å². The minimum absolute atomic E-state index is 0.0275. The summed E-state index contributed by atoms with van der Waals surface area (Å²) in [6.45, 7) is 4.30. The SMILES string of the molecule is COC(=O)C1CN(CC(=O)N(C)C)CCN(CC(=O)N(C)C)CCCN(CC(=O)N(C)C)CCN(CC(=O)N(C)C)C1. The van der Waals surface area contributed by atoms with Crippen LogP contribution in [-0.4, -0.2) is 211 Å². The van der Waals surface area contributed by atoms with Gasteiger partial charge in [-0.1, -0.05) is 0 Å². The summed E-state index contributed by atoms with van der Waals surface area (Å²) < 4.78 is 5.16. The molecule has 1 aliphatic heterocycles. The minimum atomic E-state index is -0.628. The smallest absolute Gasteiger partial charge is 0.311 e. The van der Waals surface area contributed by atoms with Crippen LogP contribution >= 0.6 is 0 Å².